The van der Waals surface area contributed by atoms with Gasteiger partial charge in [0.15, 0.2) is 5.17 Å². The van der Waals surface area contributed by atoms with Crippen molar-refractivity contribution in [3.63, 3.8) is 0 Å². The highest BCUT2D eigenvalue weighted by Gasteiger charge is 2.35. The lowest BCUT2D eigenvalue weighted by molar-refractivity contribution is -0.113. The minimum Gasteiger partial charge on any atom is -0.507 e. The topological polar surface area (TPSA) is 103 Å². The summed E-state index contributed by atoms with van der Waals surface area (Å²) in [6, 6.07) is 26.3. The van der Waals surface area contributed by atoms with Crippen molar-refractivity contribution in [2.24, 2.45) is 4.99 Å². The maximum atomic E-state index is 13.4. The van der Waals surface area contributed by atoms with E-state index >= 15 is 0 Å². The van der Waals surface area contributed by atoms with E-state index in [-0.39, 0.29) is 17.2 Å². The number of anilines is 1. The largest absolute Gasteiger partial charge is 0.507 e. The van der Waals surface area contributed by atoms with Gasteiger partial charge in [0.1, 0.15) is 22.8 Å². The third-order valence-corrected chi connectivity index (χ3v) is 6.18. The van der Waals surface area contributed by atoms with Crippen molar-refractivity contribution in [2.45, 2.75) is 0 Å². The second kappa shape index (κ2) is 9.36. The fourth-order valence-electron chi connectivity index (χ4n) is 3.55. The molecule has 3 aromatic carbocycles. The van der Waals surface area contributed by atoms with E-state index < -0.39 is 5.97 Å². The summed E-state index contributed by atoms with van der Waals surface area (Å²) >= 11 is 1.25. The summed E-state index contributed by atoms with van der Waals surface area (Å²) in [5, 5.41) is 19.6. The highest BCUT2D eigenvalue weighted by molar-refractivity contribution is 8.19. The number of carboxylic acid groups (broad SMARTS) is 1. The molecule has 5 rings (SSSR count). The number of hydrogen-bond donors (Lipinski definition) is 2. The van der Waals surface area contributed by atoms with Gasteiger partial charge in [0.05, 0.1) is 16.3 Å². The number of nitrogens with zero attached hydrogens (tertiary/aromatic N) is 2. The van der Waals surface area contributed by atoms with E-state index in [9.17, 15) is 14.7 Å². The molecule has 1 aliphatic rings. The summed E-state index contributed by atoms with van der Waals surface area (Å²) in [6.45, 7) is 0. The SMILES string of the molecule is O=C(O)c1ccc(-c2ccc(/C=C3/SC(=Nc4ccccc4)N(c4ccccc4)C3=O)o2)cc1O. The molecule has 0 radical (unpaired) electrons. The van der Waals surface area contributed by atoms with E-state index in [1.54, 1.807) is 29.2 Å². The van der Waals surface area contributed by atoms with E-state index in [0.29, 0.717) is 32.8 Å². The van der Waals surface area contributed by atoms with Crippen LogP contribution in [0.2, 0.25) is 0 Å². The van der Waals surface area contributed by atoms with Gasteiger partial charge in [-0.15, -0.1) is 0 Å². The van der Waals surface area contributed by atoms with Crippen LogP contribution in [-0.4, -0.2) is 27.3 Å². The minimum atomic E-state index is -1.22. The minimum absolute atomic E-state index is 0.193. The Kier molecular flexibility index (Phi) is 5.95. The number of hydrogen-bond acceptors (Lipinski definition) is 6. The van der Waals surface area contributed by atoms with Crippen molar-refractivity contribution in [3.8, 4) is 17.1 Å². The molecule has 0 unspecified atom stereocenters. The number of aliphatic imine (C=N–C) groups is 1. The predicted octanol–water partition coefficient (Wildman–Crippen LogP) is 6.16. The van der Waals surface area contributed by atoms with Gasteiger partial charge >= 0.3 is 5.97 Å². The van der Waals surface area contributed by atoms with E-state index in [2.05, 4.69) is 4.99 Å². The molecule has 7 nitrogen and oxygen atoms in total. The number of carbonyl (C=O) groups excluding carboxylic acids is 1. The zero-order valence-electron chi connectivity index (χ0n) is 18.2. The molecule has 4 aromatic rings. The normalized spacial score (nSPS) is 15.8. The summed E-state index contributed by atoms with van der Waals surface area (Å²) in [4.78, 5) is 31.2. The third-order valence-electron chi connectivity index (χ3n) is 5.21. The lowest BCUT2D eigenvalue weighted by Gasteiger charge is -2.15. The molecule has 0 bridgehead atoms. The third kappa shape index (κ3) is 4.60. The average molecular weight is 483 g/mol. The standard InChI is InChI=1S/C27H18N2O5S/c30-22-15-17(11-13-21(22)26(32)33)23-14-12-20(34-23)16-24-25(31)29(19-9-5-2-6-10-19)27(35-24)28-18-7-3-1-4-8-18/h1-16,30H,(H,32,33)/b24-16+,28-27?. The summed E-state index contributed by atoms with van der Waals surface area (Å²) in [6.07, 6.45) is 1.64. The fourth-order valence-corrected chi connectivity index (χ4v) is 4.53. The summed E-state index contributed by atoms with van der Waals surface area (Å²) in [7, 11) is 0. The van der Waals surface area contributed by atoms with Crippen LogP contribution in [0.25, 0.3) is 17.4 Å². The number of thioether (sulfide) groups is 1. The number of rotatable bonds is 5. The fraction of sp³-hybridized carbons (Fsp3) is 0. The van der Waals surface area contributed by atoms with Gasteiger partial charge in [0, 0.05) is 11.6 Å². The summed E-state index contributed by atoms with van der Waals surface area (Å²) in [5.41, 5.74) is 1.76. The second-order valence-corrected chi connectivity index (χ2v) is 8.56. The first-order valence-electron chi connectivity index (χ1n) is 10.6. The molecule has 1 saturated heterocycles. The zero-order valence-corrected chi connectivity index (χ0v) is 19.0. The molecule has 172 valence electrons. The van der Waals surface area contributed by atoms with E-state index in [1.165, 1.54) is 23.9 Å². The molecule has 1 aromatic heterocycles. The Morgan fingerprint density at radius 2 is 1.66 bits per heavy atom. The van der Waals surface area contributed by atoms with Crippen LogP contribution in [0.15, 0.2) is 105 Å². The zero-order chi connectivity index (χ0) is 24.4. The van der Waals surface area contributed by atoms with Gasteiger partial charge in [-0.2, -0.15) is 0 Å². The quantitative estimate of drug-likeness (QED) is 0.330. The van der Waals surface area contributed by atoms with Crippen LogP contribution in [-0.2, 0) is 4.79 Å². The van der Waals surface area contributed by atoms with Crippen LogP contribution >= 0.6 is 11.8 Å². The van der Waals surface area contributed by atoms with Crippen LogP contribution in [0.4, 0.5) is 11.4 Å². The number of amides is 1. The highest BCUT2D eigenvalue weighted by Crippen LogP contribution is 2.38. The number of benzene rings is 3. The predicted molar refractivity (Wildman–Crippen MR) is 136 cm³/mol. The maximum absolute atomic E-state index is 13.4. The number of aromatic hydroxyl groups is 1. The Morgan fingerprint density at radius 1 is 0.943 bits per heavy atom. The first kappa shape index (κ1) is 22.2. The number of furan rings is 1. The number of para-hydroxylation sites is 2. The smallest absolute Gasteiger partial charge is 0.339 e. The Bertz CT molecular complexity index is 1480. The molecular weight excluding hydrogens is 464 g/mol. The molecule has 1 amide bonds. The number of carboxylic acids is 1. The second-order valence-electron chi connectivity index (χ2n) is 7.56. The lowest BCUT2D eigenvalue weighted by Crippen LogP contribution is -2.28. The van der Waals surface area contributed by atoms with Gasteiger partial charge < -0.3 is 14.6 Å². The number of amidine groups is 1. The molecular formula is C27H18N2O5S. The summed E-state index contributed by atoms with van der Waals surface area (Å²) < 4.78 is 5.87. The van der Waals surface area contributed by atoms with Gasteiger partial charge in [-0.05, 0) is 60.3 Å². The highest BCUT2D eigenvalue weighted by atomic mass is 32.2. The monoisotopic (exact) mass is 482 g/mol. The molecule has 1 fully saturated rings. The molecule has 0 atom stereocenters. The molecule has 0 spiro atoms. The average Bonchev–Trinajstić information content (AvgIpc) is 3.44. The first-order chi connectivity index (χ1) is 17.0. The number of aromatic carboxylic acids is 1. The van der Waals surface area contributed by atoms with Gasteiger partial charge in [-0.25, -0.2) is 9.79 Å². The van der Waals surface area contributed by atoms with E-state index in [1.807, 2.05) is 60.7 Å². The Balaban J connectivity index is 1.48. The molecule has 0 aliphatic carbocycles. The van der Waals surface area contributed by atoms with Crippen molar-refractivity contribution >= 4 is 46.3 Å². The van der Waals surface area contributed by atoms with Gasteiger partial charge in [-0.1, -0.05) is 42.5 Å². The first-order valence-corrected chi connectivity index (χ1v) is 11.4. The molecule has 35 heavy (non-hydrogen) atoms. The summed E-state index contributed by atoms with van der Waals surface area (Å²) in [5.74, 6) is -0.929. The molecule has 1 aliphatic heterocycles. The maximum Gasteiger partial charge on any atom is 0.339 e. The Hall–Kier alpha value is -4.56. The molecule has 0 saturated carbocycles. The van der Waals surface area contributed by atoms with Gasteiger partial charge in [0.25, 0.3) is 5.91 Å². The number of carbonyl (C=O) groups is 2. The van der Waals surface area contributed by atoms with Crippen molar-refractivity contribution in [2.75, 3.05) is 4.90 Å². The van der Waals surface area contributed by atoms with Crippen molar-refractivity contribution in [1.82, 2.24) is 0 Å². The molecule has 2 N–H and O–H groups in total. The van der Waals surface area contributed by atoms with E-state index in [0.717, 1.165) is 5.69 Å². The van der Waals surface area contributed by atoms with Crippen LogP contribution in [0.5, 0.6) is 5.75 Å². The van der Waals surface area contributed by atoms with Crippen LogP contribution in [0.3, 0.4) is 0 Å². The van der Waals surface area contributed by atoms with Crippen molar-refractivity contribution in [3.05, 3.63) is 107 Å². The Labute approximate surface area is 204 Å². The van der Waals surface area contributed by atoms with Gasteiger partial charge in [0.2, 0.25) is 0 Å². The lowest BCUT2D eigenvalue weighted by atomic mass is 10.1. The Morgan fingerprint density at radius 3 is 2.34 bits per heavy atom. The van der Waals surface area contributed by atoms with Crippen LogP contribution < -0.4 is 4.90 Å². The van der Waals surface area contributed by atoms with Crippen molar-refractivity contribution in [1.29, 1.82) is 0 Å². The molecule has 2 heterocycles. The van der Waals surface area contributed by atoms with E-state index in [4.69, 9.17) is 9.52 Å². The van der Waals surface area contributed by atoms with Crippen LogP contribution in [0, 0.1) is 0 Å². The number of phenols is 1. The van der Waals surface area contributed by atoms with Crippen molar-refractivity contribution < 1.29 is 24.2 Å². The molecule has 8 heteroatoms. The van der Waals surface area contributed by atoms with Crippen LogP contribution in [0.1, 0.15) is 16.1 Å². The van der Waals surface area contributed by atoms with Gasteiger partial charge in [-0.3, -0.25) is 9.69 Å².